The van der Waals surface area contributed by atoms with E-state index in [0.717, 1.165) is 64.2 Å². The van der Waals surface area contributed by atoms with Crippen molar-refractivity contribution >= 4 is 31.9 Å². The number of hydrogen-bond donors (Lipinski definition) is 2. The van der Waals surface area contributed by atoms with Gasteiger partial charge in [0.2, 0.25) is 0 Å². The van der Waals surface area contributed by atoms with Gasteiger partial charge in [-0.15, -0.1) is 0 Å². The topological polar surface area (TPSA) is 173 Å². The van der Waals surface area contributed by atoms with Gasteiger partial charge in [0.05, 0.1) is 23.0 Å². The van der Waals surface area contributed by atoms with Crippen LogP contribution < -0.4 is 28.4 Å². The molecule has 0 radical (unpaired) electrons. The quantitative estimate of drug-likeness (QED) is 0.0448. The Morgan fingerprint density at radius 2 is 0.778 bits per heavy atom. The van der Waals surface area contributed by atoms with Crippen LogP contribution in [-0.4, -0.2) is 67.3 Å². The molecule has 2 N–H and O–H groups in total. The van der Waals surface area contributed by atoms with E-state index >= 15 is 0 Å². The second kappa shape index (κ2) is 27.8. The third-order valence-electron chi connectivity index (χ3n) is 10.0. The molecule has 0 saturated carbocycles. The fraction of sp³-hybridized carbons (Fsp3) is 0.458. The first kappa shape index (κ1) is 50.5. The SMILES string of the molecule is CCCCCCCCC(Oc1ccccc1OCCOCCOc1ccccc1OC(CCCCCCCC)C(=O)NS(=O)(=O)c1ccccc1)C(=O)NS(=O)(=O)c1ccccc1. The Balaban J connectivity index is 1.30. The van der Waals surface area contributed by atoms with Crippen molar-refractivity contribution in [3.05, 3.63) is 109 Å². The number of carbonyl (C=O) groups is 2. The van der Waals surface area contributed by atoms with E-state index in [-0.39, 0.29) is 36.2 Å². The Morgan fingerprint density at radius 1 is 0.444 bits per heavy atom. The molecule has 2 amide bonds. The molecule has 4 aromatic rings. The van der Waals surface area contributed by atoms with E-state index in [1.165, 1.54) is 24.3 Å². The standard InChI is InChI=1S/C48H64N2O11S2/c1-3-5-7-9-11-19-33-45(47(51)49-62(53,54)39-25-15-13-16-26-39)60-43-31-23-21-29-41(43)58-37-35-57-36-38-59-42-30-22-24-32-44(42)61-46(34-20-12-10-8-6-4-2)48(52)50-63(55,56)40-27-17-14-18-28-40/h13-18,21-32,45-46H,3-12,19-20,33-38H2,1-2H3,(H,49,51)(H,50,52). The van der Waals surface area contributed by atoms with E-state index in [1.54, 1.807) is 84.9 Å². The molecule has 2 unspecified atom stereocenters. The summed E-state index contributed by atoms with van der Waals surface area (Å²) >= 11 is 0. The first-order chi connectivity index (χ1) is 30.5. The van der Waals surface area contributed by atoms with Gasteiger partial charge in [-0.3, -0.25) is 9.59 Å². The number of amides is 2. The number of nitrogens with one attached hydrogen (secondary N) is 2. The van der Waals surface area contributed by atoms with Crippen LogP contribution in [0.15, 0.2) is 119 Å². The second-order valence-electron chi connectivity index (χ2n) is 15.1. The van der Waals surface area contributed by atoms with E-state index in [9.17, 15) is 26.4 Å². The van der Waals surface area contributed by atoms with Gasteiger partial charge in [0.25, 0.3) is 31.9 Å². The van der Waals surface area contributed by atoms with Gasteiger partial charge in [-0.1, -0.05) is 139 Å². The Bertz CT molecular complexity index is 2000. The molecule has 344 valence electrons. The zero-order chi connectivity index (χ0) is 45.2. The van der Waals surface area contributed by atoms with Crippen LogP contribution in [0.5, 0.6) is 23.0 Å². The Kier molecular flexibility index (Phi) is 22.3. The molecular weight excluding hydrogens is 845 g/mol. The molecule has 4 aromatic carbocycles. The second-order valence-corrected chi connectivity index (χ2v) is 18.5. The Hall–Kier alpha value is -5.12. The third kappa shape index (κ3) is 18.3. The van der Waals surface area contributed by atoms with Crippen molar-refractivity contribution in [1.29, 1.82) is 0 Å². The molecule has 2 atom stereocenters. The van der Waals surface area contributed by atoms with Crippen LogP contribution in [-0.2, 0) is 34.4 Å². The fourth-order valence-corrected chi connectivity index (χ4v) is 8.64. The molecule has 0 fully saturated rings. The Labute approximate surface area is 374 Å². The minimum atomic E-state index is -4.11. The van der Waals surface area contributed by atoms with Crippen LogP contribution in [0.2, 0.25) is 0 Å². The summed E-state index contributed by atoms with van der Waals surface area (Å²) in [6.45, 7) is 4.93. The summed E-state index contributed by atoms with van der Waals surface area (Å²) in [4.78, 5) is 26.8. The number of unbranched alkanes of at least 4 members (excludes halogenated alkanes) is 10. The summed E-state index contributed by atoms with van der Waals surface area (Å²) in [6, 6.07) is 29.2. The number of benzene rings is 4. The molecule has 0 heterocycles. The van der Waals surface area contributed by atoms with Crippen molar-refractivity contribution < 1.29 is 50.1 Å². The maximum Gasteiger partial charge on any atom is 0.274 e. The first-order valence-corrected chi connectivity index (χ1v) is 25.1. The van der Waals surface area contributed by atoms with Crippen LogP contribution in [0.25, 0.3) is 0 Å². The molecule has 15 heteroatoms. The average molecular weight is 909 g/mol. The van der Waals surface area contributed by atoms with Gasteiger partial charge in [0, 0.05) is 0 Å². The summed E-state index contributed by atoms with van der Waals surface area (Å²) in [5.74, 6) is -0.198. The van der Waals surface area contributed by atoms with Crippen molar-refractivity contribution in [3.63, 3.8) is 0 Å². The lowest BCUT2D eigenvalue weighted by Crippen LogP contribution is -2.41. The van der Waals surface area contributed by atoms with E-state index < -0.39 is 44.1 Å². The summed E-state index contributed by atoms with van der Waals surface area (Å²) in [6.07, 6.45) is 10.3. The maximum absolute atomic E-state index is 13.4. The molecule has 0 bridgehead atoms. The van der Waals surface area contributed by atoms with Crippen molar-refractivity contribution in [2.75, 3.05) is 26.4 Å². The number of sulfonamides is 2. The molecule has 13 nitrogen and oxygen atoms in total. The number of hydrogen-bond acceptors (Lipinski definition) is 11. The summed E-state index contributed by atoms with van der Waals surface area (Å²) in [7, 11) is -8.21. The van der Waals surface area contributed by atoms with Gasteiger partial charge in [-0.05, 0) is 74.2 Å². The zero-order valence-corrected chi connectivity index (χ0v) is 38.2. The van der Waals surface area contributed by atoms with Gasteiger partial charge in [0.15, 0.2) is 35.2 Å². The van der Waals surface area contributed by atoms with Crippen LogP contribution in [0.4, 0.5) is 0 Å². The van der Waals surface area contributed by atoms with Crippen LogP contribution in [0.3, 0.4) is 0 Å². The highest BCUT2D eigenvalue weighted by atomic mass is 32.2. The van der Waals surface area contributed by atoms with Crippen molar-refractivity contribution in [2.45, 2.75) is 126 Å². The van der Waals surface area contributed by atoms with Gasteiger partial charge in [-0.25, -0.2) is 26.3 Å². The van der Waals surface area contributed by atoms with E-state index in [1.807, 2.05) is 0 Å². The monoisotopic (exact) mass is 908 g/mol. The predicted octanol–water partition coefficient (Wildman–Crippen LogP) is 9.17. The summed E-state index contributed by atoms with van der Waals surface area (Å²) in [5, 5.41) is 0. The Morgan fingerprint density at radius 3 is 1.16 bits per heavy atom. The largest absolute Gasteiger partial charge is 0.487 e. The molecule has 0 aromatic heterocycles. The third-order valence-corrected chi connectivity index (χ3v) is 12.7. The molecule has 0 aliphatic rings. The van der Waals surface area contributed by atoms with Crippen molar-refractivity contribution in [3.8, 4) is 23.0 Å². The predicted molar refractivity (Wildman–Crippen MR) is 243 cm³/mol. The van der Waals surface area contributed by atoms with Crippen LogP contribution >= 0.6 is 0 Å². The average Bonchev–Trinajstić information content (AvgIpc) is 3.28. The van der Waals surface area contributed by atoms with Gasteiger partial charge in [-0.2, -0.15) is 0 Å². The van der Waals surface area contributed by atoms with Gasteiger partial charge < -0.3 is 23.7 Å². The van der Waals surface area contributed by atoms with Crippen LogP contribution in [0.1, 0.15) is 104 Å². The highest BCUT2D eigenvalue weighted by Gasteiger charge is 2.28. The highest BCUT2D eigenvalue weighted by molar-refractivity contribution is 7.90. The normalized spacial score (nSPS) is 12.5. The lowest BCUT2D eigenvalue weighted by Gasteiger charge is -2.21. The number of carbonyl (C=O) groups excluding carboxylic acids is 2. The smallest absolute Gasteiger partial charge is 0.274 e. The molecule has 0 saturated heterocycles. The lowest BCUT2D eigenvalue weighted by atomic mass is 10.1. The number of para-hydroxylation sites is 4. The minimum absolute atomic E-state index is 0.0190. The first-order valence-electron chi connectivity index (χ1n) is 22.1. The maximum atomic E-state index is 13.4. The fourth-order valence-electron chi connectivity index (χ4n) is 6.58. The van der Waals surface area contributed by atoms with E-state index in [2.05, 4.69) is 23.3 Å². The molecule has 0 aliphatic heterocycles. The van der Waals surface area contributed by atoms with Gasteiger partial charge >= 0.3 is 0 Å². The summed E-state index contributed by atoms with van der Waals surface area (Å²) < 4.78 is 86.5. The lowest BCUT2D eigenvalue weighted by molar-refractivity contribution is -0.127. The highest BCUT2D eigenvalue weighted by Crippen LogP contribution is 2.30. The van der Waals surface area contributed by atoms with Crippen molar-refractivity contribution in [2.24, 2.45) is 0 Å². The zero-order valence-electron chi connectivity index (χ0n) is 36.6. The summed E-state index contributed by atoms with van der Waals surface area (Å²) in [5.41, 5.74) is 0. The minimum Gasteiger partial charge on any atom is -0.487 e. The molecule has 4 rings (SSSR count). The van der Waals surface area contributed by atoms with E-state index in [0.29, 0.717) is 48.7 Å². The van der Waals surface area contributed by atoms with E-state index in [4.69, 9.17) is 23.7 Å². The van der Waals surface area contributed by atoms with Gasteiger partial charge in [0.1, 0.15) is 13.2 Å². The molecule has 0 spiro atoms. The number of ether oxygens (including phenoxy) is 5. The van der Waals surface area contributed by atoms with Crippen LogP contribution in [0, 0.1) is 0 Å². The van der Waals surface area contributed by atoms with Crippen molar-refractivity contribution in [1.82, 2.24) is 9.44 Å². The molecular formula is C48H64N2O11S2. The molecule has 0 aliphatic carbocycles. The number of rotatable bonds is 32. The molecule has 63 heavy (non-hydrogen) atoms.